The number of carbonyl (C=O) groups excluding carboxylic acids is 3. The lowest BCUT2D eigenvalue weighted by atomic mass is 9.53. The number of hydrogen-bond acceptors (Lipinski definition) is 9. The summed E-state index contributed by atoms with van der Waals surface area (Å²) >= 11 is 0. The number of benzene rings is 1. The number of aromatic hydroxyl groups is 1. The number of nitrogens with zero attached hydrogens (tertiary/aromatic N) is 1. The first-order chi connectivity index (χ1) is 17.5. The van der Waals surface area contributed by atoms with Gasteiger partial charge in [-0.05, 0) is 37.4 Å². The first-order valence-electron chi connectivity index (χ1n) is 13.0. The van der Waals surface area contributed by atoms with Gasteiger partial charge in [-0.25, -0.2) is 0 Å². The molecule has 0 spiro atoms. The molecule has 0 heterocycles. The molecule has 7 N–H and O–H groups in total. The van der Waals surface area contributed by atoms with Crippen LogP contribution in [-0.2, 0) is 15.0 Å². The third kappa shape index (κ3) is 3.57. The Kier molecular flexibility index (Phi) is 6.80. The third-order valence-electron chi connectivity index (χ3n) is 9.10. The number of likely N-dealkylation sites (N-methyl/N-ethyl adjacent to an activating group) is 1. The predicted octanol–water partition coefficient (Wildman–Crippen LogP) is 0.895. The molecule has 10 nitrogen and oxygen atoms in total. The largest absolute Gasteiger partial charge is 0.508 e. The SMILES string of the molecule is CCCC(C)(C)c1ccc2c(c1O)C(=O)C1=C(O)[C@]3(O)C(=O)C(C(N)=O)C(O)[C@@H](N(C)C)[C@@H]3[C@@H](O)[C@@H]1[C@H]2C. The van der Waals surface area contributed by atoms with Gasteiger partial charge in [0.05, 0.1) is 17.8 Å². The number of ketones is 2. The second kappa shape index (κ2) is 9.15. The molecule has 0 radical (unpaired) electrons. The Hall–Kier alpha value is -2.79. The highest BCUT2D eigenvalue weighted by Gasteiger charge is 2.69. The van der Waals surface area contributed by atoms with Gasteiger partial charge in [-0.2, -0.15) is 0 Å². The zero-order chi connectivity index (χ0) is 28.6. The van der Waals surface area contributed by atoms with Crippen LogP contribution < -0.4 is 5.73 Å². The van der Waals surface area contributed by atoms with E-state index in [1.165, 1.54) is 19.0 Å². The fourth-order valence-corrected chi connectivity index (χ4v) is 7.28. The van der Waals surface area contributed by atoms with E-state index < -0.39 is 76.2 Å². The van der Waals surface area contributed by atoms with Crippen LogP contribution >= 0.6 is 0 Å². The number of carbonyl (C=O) groups is 3. The minimum absolute atomic E-state index is 0.0508. The lowest BCUT2D eigenvalue weighted by Crippen LogP contribution is -2.74. The molecule has 1 aromatic rings. The van der Waals surface area contributed by atoms with Crippen LogP contribution in [0, 0.1) is 17.8 Å². The van der Waals surface area contributed by atoms with Crippen LogP contribution in [0.25, 0.3) is 0 Å². The number of primary amides is 1. The number of hydrogen-bond donors (Lipinski definition) is 6. The van der Waals surface area contributed by atoms with E-state index in [0.717, 1.165) is 12.8 Å². The monoisotopic (exact) mass is 530 g/mol. The summed E-state index contributed by atoms with van der Waals surface area (Å²) in [6.07, 6.45) is -1.67. The smallest absolute Gasteiger partial charge is 0.230 e. The van der Waals surface area contributed by atoms with Gasteiger partial charge in [0.25, 0.3) is 0 Å². The van der Waals surface area contributed by atoms with Gasteiger partial charge in [0.15, 0.2) is 17.2 Å². The molecule has 3 aliphatic rings. The van der Waals surface area contributed by atoms with Gasteiger partial charge in [0.2, 0.25) is 5.91 Å². The number of amides is 1. The standard InChI is InChI=1S/C28H38N2O8/c1-7-10-27(3,4)13-9-8-12-11(2)14-16(21(32)15(12)20(13)31)24(35)28(38)18(22(14)33)19(30(5)6)23(34)17(25(28)36)26(29)37/h8-9,11,14,17-19,22-23,31,33-35,38H,7,10H2,1-6H3,(H2,29,37)/t11-,14+,17?,18+,19-,22-,23?,28-/m0/s1. The number of aliphatic hydroxyl groups is 4. The van der Waals surface area contributed by atoms with Gasteiger partial charge in [-0.15, -0.1) is 0 Å². The lowest BCUT2D eigenvalue weighted by Gasteiger charge is -2.56. The Balaban J connectivity index is 2.00. The Bertz CT molecular complexity index is 1240. The first kappa shape index (κ1) is 28.2. The molecule has 1 aromatic carbocycles. The highest BCUT2D eigenvalue weighted by molar-refractivity contribution is 6.16. The van der Waals surface area contributed by atoms with E-state index >= 15 is 0 Å². The average molecular weight is 531 g/mol. The summed E-state index contributed by atoms with van der Waals surface area (Å²) in [7, 11) is 3.07. The topological polar surface area (TPSA) is 182 Å². The molecule has 0 aliphatic heterocycles. The number of fused-ring (bicyclic) bond motifs is 3. The van der Waals surface area contributed by atoms with Crippen LogP contribution in [-0.4, -0.2) is 85.9 Å². The summed E-state index contributed by atoms with van der Waals surface area (Å²) in [6.45, 7) is 7.63. The Morgan fingerprint density at radius 1 is 1.13 bits per heavy atom. The van der Waals surface area contributed by atoms with Crippen LogP contribution in [0.15, 0.2) is 23.5 Å². The number of aliphatic hydroxyl groups excluding tert-OH is 3. The van der Waals surface area contributed by atoms with Gasteiger partial charge in [-0.1, -0.05) is 46.2 Å². The highest BCUT2D eigenvalue weighted by atomic mass is 16.4. The molecule has 208 valence electrons. The normalized spacial score (nSPS) is 35.2. The summed E-state index contributed by atoms with van der Waals surface area (Å²) in [4.78, 5) is 41.1. The molecule has 3 aliphatic carbocycles. The van der Waals surface area contributed by atoms with E-state index in [1.54, 1.807) is 19.1 Å². The van der Waals surface area contributed by atoms with Gasteiger partial charge < -0.3 is 36.2 Å². The van der Waals surface area contributed by atoms with Crippen molar-refractivity contribution in [2.75, 3.05) is 14.1 Å². The summed E-state index contributed by atoms with van der Waals surface area (Å²) in [5, 5.41) is 57.3. The third-order valence-corrected chi connectivity index (χ3v) is 9.10. The van der Waals surface area contributed by atoms with Crippen molar-refractivity contribution >= 4 is 17.5 Å². The molecule has 38 heavy (non-hydrogen) atoms. The molecule has 1 fully saturated rings. The Morgan fingerprint density at radius 2 is 1.74 bits per heavy atom. The van der Waals surface area contributed by atoms with E-state index in [1.807, 2.05) is 20.8 Å². The fraction of sp³-hybridized carbons (Fsp3) is 0.607. The molecule has 2 unspecified atom stereocenters. The number of Topliss-reactive ketones (excluding diaryl/α,β-unsaturated/α-hetero) is 2. The Labute approximate surface area is 221 Å². The van der Waals surface area contributed by atoms with E-state index in [2.05, 4.69) is 0 Å². The molecular formula is C28H38N2O8. The van der Waals surface area contributed by atoms with Crippen molar-refractivity contribution in [3.63, 3.8) is 0 Å². The van der Waals surface area contributed by atoms with Crippen molar-refractivity contribution < 1.29 is 39.9 Å². The summed E-state index contributed by atoms with van der Waals surface area (Å²) in [5.74, 6) is -9.54. The molecule has 10 heteroatoms. The molecule has 1 saturated carbocycles. The van der Waals surface area contributed by atoms with Gasteiger partial charge >= 0.3 is 0 Å². The lowest BCUT2D eigenvalue weighted by molar-refractivity contribution is -0.194. The molecule has 0 bridgehead atoms. The van der Waals surface area contributed by atoms with Gasteiger partial charge in [-0.3, -0.25) is 14.4 Å². The number of rotatable bonds is 5. The second-order valence-corrected chi connectivity index (χ2v) is 11.9. The maximum Gasteiger partial charge on any atom is 0.230 e. The predicted molar refractivity (Wildman–Crippen MR) is 138 cm³/mol. The van der Waals surface area contributed by atoms with Crippen molar-refractivity contribution in [2.45, 2.75) is 75.7 Å². The minimum atomic E-state index is -2.86. The van der Waals surface area contributed by atoms with Crippen LogP contribution in [0.4, 0.5) is 0 Å². The zero-order valence-corrected chi connectivity index (χ0v) is 22.6. The van der Waals surface area contributed by atoms with Crippen molar-refractivity contribution in [2.24, 2.45) is 23.5 Å². The summed E-state index contributed by atoms with van der Waals surface area (Å²) < 4.78 is 0. The Morgan fingerprint density at radius 3 is 2.26 bits per heavy atom. The van der Waals surface area contributed by atoms with E-state index in [9.17, 15) is 39.9 Å². The summed E-state index contributed by atoms with van der Waals surface area (Å²) in [6, 6.07) is 2.34. The maximum absolute atomic E-state index is 14.0. The number of phenolic OH excluding ortho intramolecular Hbond substituents is 1. The zero-order valence-electron chi connectivity index (χ0n) is 22.6. The molecule has 8 atom stereocenters. The number of phenols is 1. The van der Waals surface area contributed by atoms with Crippen molar-refractivity contribution in [3.8, 4) is 5.75 Å². The minimum Gasteiger partial charge on any atom is -0.508 e. The average Bonchev–Trinajstić information content (AvgIpc) is 2.80. The van der Waals surface area contributed by atoms with Crippen molar-refractivity contribution in [1.82, 2.24) is 4.90 Å². The molecule has 0 aromatic heterocycles. The molecule has 1 amide bonds. The summed E-state index contributed by atoms with van der Waals surface area (Å²) in [5.41, 5.74) is 2.65. The second-order valence-electron chi connectivity index (χ2n) is 11.9. The van der Waals surface area contributed by atoms with E-state index in [0.29, 0.717) is 11.1 Å². The van der Waals surface area contributed by atoms with E-state index in [4.69, 9.17) is 5.73 Å². The quantitative estimate of drug-likeness (QED) is 0.301. The van der Waals surface area contributed by atoms with Crippen LogP contribution in [0.5, 0.6) is 5.75 Å². The van der Waals surface area contributed by atoms with Crippen molar-refractivity contribution in [1.29, 1.82) is 0 Å². The molecule has 0 saturated heterocycles. The van der Waals surface area contributed by atoms with Gasteiger partial charge in [0, 0.05) is 29.0 Å². The van der Waals surface area contributed by atoms with Gasteiger partial charge in [0.1, 0.15) is 17.4 Å². The molecule has 4 rings (SSSR count). The van der Waals surface area contributed by atoms with Crippen LogP contribution in [0.3, 0.4) is 0 Å². The van der Waals surface area contributed by atoms with Crippen LogP contribution in [0.2, 0.25) is 0 Å². The van der Waals surface area contributed by atoms with Crippen LogP contribution in [0.1, 0.15) is 67.9 Å². The highest BCUT2D eigenvalue weighted by Crippen LogP contribution is 2.56. The molecular weight excluding hydrogens is 492 g/mol. The number of nitrogens with two attached hydrogens (primary N) is 1. The fourth-order valence-electron chi connectivity index (χ4n) is 7.28. The maximum atomic E-state index is 14.0. The van der Waals surface area contributed by atoms with E-state index in [-0.39, 0.29) is 16.9 Å². The first-order valence-corrected chi connectivity index (χ1v) is 13.0. The van der Waals surface area contributed by atoms with Crippen molar-refractivity contribution in [3.05, 3.63) is 40.2 Å².